The maximum absolute atomic E-state index is 8.78. The number of aromatic nitrogens is 4. The molecule has 2 aromatic heterocycles. The van der Waals surface area contributed by atoms with Crippen LogP contribution in [0.25, 0.3) is 5.52 Å². The standard InChI is InChI=1S/C12H16ClN5.C5H10O2/c1-11(2)5-12(3,6-11)9-16-8(13)7-4-15-10(14)17-18(7)9;6-5-2-1-3-7-4-5/h4H,5-6H2,1-3H3,(H2,14,17);5-6H,1-4H2. The van der Waals surface area contributed by atoms with Crippen LogP contribution in [-0.2, 0) is 10.2 Å². The predicted molar refractivity (Wildman–Crippen MR) is 96.6 cm³/mol. The molecule has 2 fully saturated rings. The number of hydrogen-bond donors (Lipinski definition) is 2. The Labute approximate surface area is 152 Å². The van der Waals surface area contributed by atoms with Gasteiger partial charge in [0.15, 0.2) is 5.15 Å². The Morgan fingerprint density at radius 1 is 1.36 bits per heavy atom. The van der Waals surface area contributed by atoms with Crippen LogP contribution in [0.2, 0.25) is 5.15 Å². The van der Waals surface area contributed by atoms with Gasteiger partial charge in [0.05, 0.1) is 18.9 Å². The van der Waals surface area contributed by atoms with E-state index in [0.29, 0.717) is 22.7 Å². The molecule has 8 heteroatoms. The second-order valence-corrected chi connectivity index (χ2v) is 8.45. The number of hydrogen-bond acceptors (Lipinski definition) is 6. The number of nitrogens with two attached hydrogens (primary N) is 1. The number of ether oxygens (including phenoxy) is 1. The smallest absolute Gasteiger partial charge is 0.238 e. The molecule has 3 heterocycles. The zero-order valence-corrected chi connectivity index (χ0v) is 15.8. The summed E-state index contributed by atoms with van der Waals surface area (Å²) >= 11 is 6.14. The molecule has 0 radical (unpaired) electrons. The molecular weight excluding hydrogens is 342 g/mol. The van der Waals surface area contributed by atoms with Crippen LogP contribution in [-0.4, -0.2) is 44.0 Å². The third-order valence-corrected chi connectivity index (χ3v) is 5.06. The number of nitrogens with zero attached hydrogens (tertiary/aromatic N) is 4. The van der Waals surface area contributed by atoms with Crippen molar-refractivity contribution in [3.63, 3.8) is 0 Å². The fraction of sp³-hybridized carbons (Fsp3) is 0.706. The Morgan fingerprint density at radius 3 is 2.60 bits per heavy atom. The quantitative estimate of drug-likeness (QED) is 0.803. The van der Waals surface area contributed by atoms with E-state index in [1.807, 2.05) is 0 Å². The van der Waals surface area contributed by atoms with E-state index in [2.05, 4.69) is 35.8 Å². The van der Waals surface area contributed by atoms with Crippen LogP contribution in [0.1, 0.15) is 52.3 Å². The highest BCUT2D eigenvalue weighted by Crippen LogP contribution is 2.54. The highest BCUT2D eigenvalue weighted by molar-refractivity contribution is 6.32. The van der Waals surface area contributed by atoms with E-state index in [-0.39, 0.29) is 17.5 Å². The lowest BCUT2D eigenvalue weighted by molar-refractivity contribution is -0.00535. The lowest BCUT2D eigenvalue weighted by atomic mass is 9.55. The average molecular weight is 368 g/mol. The Kier molecular flexibility index (Phi) is 4.92. The number of rotatable bonds is 1. The van der Waals surface area contributed by atoms with Crippen molar-refractivity contribution in [1.82, 2.24) is 19.6 Å². The largest absolute Gasteiger partial charge is 0.391 e. The summed E-state index contributed by atoms with van der Waals surface area (Å²) in [5, 5.41) is 13.5. The summed E-state index contributed by atoms with van der Waals surface area (Å²) in [6.07, 6.45) is 5.50. The van der Waals surface area contributed by atoms with Gasteiger partial charge in [-0.3, -0.25) is 0 Å². The minimum absolute atomic E-state index is 0.0142. The van der Waals surface area contributed by atoms with Gasteiger partial charge in [0.2, 0.25) is 5.95 Å². The average Bonchev–Trinajstić information content (AvgIpc) is 2.83. The highest BCUT2D eigenvalue weighted by Gasteiger charge is 2.49. The molecule has 2 aromatic rings. The molecule has 2 aliphatic rings. The number of imidazole rings is 1. The van der Waals surface area contributed by atoms with Crippen molar-refractivity contribution in [1.29, 1.82) is 0 Å². The minimum Gasteiger partial charge on any atom is -0.391 e. The number of aliphatic hydroxyl groups is 1. The van der Waals surface area contributed by atoms with Crippen molar-refractivity contribution in [2.45, 2.75) is 58.0 Å². The number of aliphatic hydroxyl groups excluding tert-OH is 1. The molecule has 1 aliphatic carbocycles. The van der Waals surface area contributed by atoms with Crippen LogP contribution in [0.3, 0.4) is 0 Å². The van der Waals surface area contributed by atoms with Gasteiger partial charge in [-0.15, -0.1) is 5.10 Å². The van der Waals surface area contributed by atoms with Crippen LogP contribution >= 0.6 is 11.6 Å². The number of halogens is 1. The van der Waals surface area contributed by atoms with Crippen LogP contribution in [0, 0.1) is 5.41 Å². The Morgan fingerprint density at radius 2 is 2.08 bits per heavy atom. The molecule has 0 bridgehead atoms. The molecule has 1 unspecified atom stereocenters. The van der Waals surface area contributed by atoms with Crippen molar-refractivity contribution >= 4 is 23.1 Å². The van der Waals surface area contributed by atoms with Crippen molar-refractivity contribution in [2.75, 3.05) is 18.9 Å². The molecular formula is C17H26ClN5O2. The lowest BCUT2D eigenvalue weighted by Gasteiger charge is -2.50. The molecule has 25 heavy (non-hydrogen) atoms. The highest BCUT2D eigenvalue weighted by atomic mass is 35.5. The number of fused-ring (bicyclic) bond motifs is 1. The van der Waals surface area contributed by atoms with Gasteiger partial charge in [-0.1, -0.05) is 32.4 Å². The second kappa shape index (κ2) is 6.70. The van der Waals surface area contributed by atoms with Crippen LogP contribution in [0.15, 0.2) is 6.20 Å². The van der Waals surface area contributed by atoms with Gasteiger partial charge in [-0.05, 0) is 31.1 Å². The van der Waals surface area contributed by atoms with Crippen molar-refractivity contribution in [3.05, 3.63) is 17.2 Å². The van der Waals surface area contributed by atoms with Crippen LogP contribution in [0.4, 0.5) is 5.95 Å². The molecule has 4 rings (SSSR count). The molecule has 1 atom stereocenters. The van der Waals surface area contributed by atoms with Crippen molar-refractivity contribution in [3.8, 4) is 0 Å². The third-order valence-electron chi connectivity index (χ3n) is 4.78. The second-order valence-electron chi connectivity index (χ2n) is 8.09. The van der Waals surface area contributed by atoms with Crippen LogP contribution < -0.4 is 5.73 Å². The Hall–Kier alpha value is -1.44. The first kappa shape index (κ1) is 18.4. The van der Waals surface area contributed by atoms with E-state index in [1.165, 1.54) is 0 Å². The topological polar surface area (TPSA) is 98.6 Å². The van der Waals surface area contributed by atoms with E-state index >= 15 is 0 Å². The monoisotopic (exact) mass is 367 g/mol. The van der Waals surface area contributed by atoms with Gasteiger partial charge in [0, 0.05) is 12.0 Å². The fourth-order valence-corrected chi connectivity index (χ4v) is 4.41. The van der Waals surface area contributed by atoms with Gasteiger partial charge in [-0.25, -0.2) is 14.5 Å². The van der Waals surface area contributed by atoms with Crippen LogP contribution in [0.5, 0.6) is 0 Å². The summed E-state index contributed by atoms with van der Waals surface area (Å²) < 4.78 is 6.67. The normalized spacial score (nSPS) is 24.3. The Balaban J connectivity index is 0.000000219. The number of anilines is 1. The first-order chi connectivity index (χ1) is 11.7. The summed E-state index contributed by atoms with van der Waals surface area (Å²) in [6.45, 7) is 8.09. The molecule has 0 amide bonds. The molecule has 0 spiro atoms. The molecule has 3 N–H and O–H groups in total. The fourth-order valence-electron chi connectivity index (χ4n) is 4.20. The first-order valence-electron chi connectivity index (χ1n) is 8.63. The maximum atomic E-state index is 8.78. The van der Waals surface area contributed by atoms with Gasteiger partial charge in [0.1, 0.15) is 11.3 Å². The van der Waals surface area contributed by atoms with E-state index in [1.54, 1.807) is 10.7 Å². The zero-order chi connectivity index (χ0) is 18.2. The lowest BCUT2D eigenvalue weighted by Crippen LogP contribution is -2.45. The predicted octanol–water partition coefficient (Wildman–Crippen LogP) is 2.60. The molecule has 1 aliphatic heterocycles. The van der Waals surface area contributed by atoms with E-state index in [9.17, 15) is 0 Å². The van der Waals surface area contributed by atoms with Crippen molar-refractivity contribution < 1.29 is 9.84 Å². The molecule has 0 aromatic carbocycles. The maximum Gasteiger partial charge on any atom is 0.238 e. The summed E-state index contributed by atoms with van der Waals surface area (Å²) in [7, 11) is 0. The van der Waals surface area contributed by atoms with E-state index < -0.39 is 0 Å². The molecule has 1 saturated heterocycles. The SMILES string of the molecule is CC1(C)CC(C)(c2nc(Cl)c3cnc(N)nn23)C1.OC1CCCOC1. The van der Waals surface area contributed by atoms with E-state index in [0.717, 1.165) is 38.1 Å². The van der Waals surface area contributed by atoms with Gasteiger partial charge >= 0.3 is 0 Å². The third kappa shape index (κ3) is 3.88. The summed E-state index contributed by atoms with van der Waals surface area (Å²) in [4.78, 5) is 8.42. The molecule has 138 valence electrons. The van der Waals surface area contributed by atoms with Gasteiger partial charge in [0.25, 0.3) is 0 Å². The number of nitrogen functional groups attached to an aromatic ring is 1. The summed E-state index contributed by atoms with van der Waals surface area (Å²) in [6, 6.07) is 0. The van der Waals surface area contributed by atoms with Gasteiger partial charge < -0.3 is 15.6 Å². The molecule has 7 nitrogen and oxygen atoms in total. The Bertz CT molecular complexity index is 747. The summed E-state index contributed by atoms with van der Waals surface area (Å²) in [5.41, 5.74) is 6.73. The van der Waals surface area contributed by atoms with E-state index in [4.69, 9.17) is 27.2 Å². The summed E-state index contributed by atoms with van der Waals surface area (Å²) in [5.74, 6) is 1.12. The van der Waals surface area contributed by atoms with Crippen molar-refractivity contribution in [2.24, 2.45) is 5.41 Å². The molecule has 1 saturated carbocycles. The zero-order valence-electron chi connectivity index (χ0n) is 15.0. The van der Waals surface area contributed by atoms with Gasteiger partial charge in [-0.2, -0.15) is 0 Å². The first-order valence-corrected chi connectivity index (χ1v) is 9.01. The minimum atomic E-state index is -0.186.